The van der Waals surface area contributed by atoms with E-state index in [4.69, 9.17) is 5.73 Å². The maximum absolute atomic E-state index is 13.7. The first kappa shape index (κ1) is 12.3. The summed E-state index contributed by atoms with van der Waals surface area (Å²) in [4.78, 5) is 1.97. The molecule has 1 aliphatic rings. The van der Waals surface area contributed by atoms with Gasteiger partial charge in [-0.1, -0.05) is 0 Å². The maximum atomic E-state index is 13.7. The lowest BCUT2D eigenvalue weighted by Crippen LogP contribution is -2.21. The molecule has 0 atom stereocenters. The normalized spacial score (nSPS) is 17.5. The summed E-state index contributed by atoms with van der Waals surface area (Å²) in [6.07, 6.45) is 1.86. The molecule has 0 bridgehead atoms. The lowest BCUT2D eigenvalue weighted by molar-refractivity contribution is 0.394. The number of nitrogens with two attached hydrogens (primary N) is 1. The fourth-order valence-corrected chi connectivity index (χ4v) is 2.25. The number of hydrogen-bond donors (Lipinski definition) is 2. The van der Waals surface area contributed by atoms with Crippen LogP contribution in [-0.4, -0.2) is 30.6 Å². The van der Waals surface area contributed by atoms with Crippen LogP contribution in [0.1, 0.15) is 24.0 Å². The van der Waals surface area contributed by atoms with Crippen LogP contribution in [0.2, 0.25) is 0 Å². The summed E-state index contributed by atoms with van der Waals surface area (Å²) >= 11 is 0. The fourth-order valence-electron chi connectivity index (χ4n) is 2.25. The number of phenolic OH excluding ortho intramolecular Hbond substituents is 1. The Morgan fingerprint density at radius 2 is 2.06 bits per heavy atom. The minimum Gasteiger partial charge on any atom is -0.505 e. The molecule has 0 heterocycles. The molecule has 1 aliphatic carbocycles. The highest BCUT2D eigenvalue weighted by Crippen LogP contribution is 2.51. The van der Waals surface area contributed by atoms with Gasteiger partial charge in [-0.15, -0.1) is 0 Å². The van der Waals surface area contributed by atoms with Crippen molar-refractivity contribution in [2.75, 3.05) is 20.6 Å². The second-order valence-electron chi connectivity index (χ2n) is 5.20. The predicted molar refractivity (Wildman–Crippen MR) is 65.4 cm³/mol. The van der Waals surface area contributed by atoms with E-state index in [9.17, 15) is 9.50 Å². The van der Waals surface area contributed by atoms with Gasteiger partial charge in [-0.3, -0.25) is 0 Å². The zero-order valence-corrected chi connectivity index (χ0v) is 10.3. The van der Waals surface area contributed by atoms with Gasteiger partial charge in [0.2, 0.25) is 0 Å². The molecule has 1 aromatic carbocycles. The van der Waals surface area contributed by atoms with Crippen molar-refractivity contribution >= 4 is 0 Å². The van der Waals surface area contributed by atoms with Gasteiger partial charge in [-0.05, 0) is 44.6 Å². The smallest absolute Gasteiger partial charge is 0.165 e. The quantitative estimate of drug-likeness (QED) is 0.837. The molecule has 3 nitrogen and oxygen atoms in total. The van der Waals surface area contributed by atoms with E-state index in [1.807, 2.05) is 25.1 Å². The van der Waals surface area contributed by atoms with E-state index in [0.29, 0.717) is 18.7 Å². The lowest BCUT2D eigenvalue weighted by Gasteiger charge is -2.18. The van der Waals surface area contributed by atoms with Gasteiger partial charge in [-0.2, -0.15) is 0 Å². The summed E-state index contributed by atoms with van der Waals surface area (Å²) < 4.78 is 13.7. The van der Waals surface area contributed by atoms with Gasteiger partial charge < -0.3 is 15.7 Å². The number of nitrogens with zero attached hydrogens (tertiary/aromatic N) is 1. The molecule has 0 radical (unpaired) electrons. The van der Waals surface area contributed by atoms with Gasteiger partial charge in [0.25, 0.3) is 0 Å². The lowest BCUT2D eigenvalue weighted by atomic mass is 9.93. The van der Waals surface area contributed by atoms with Gasteiger partial charge in [0.05, 0.1) is 0 Å². The molecule has 4 heteroatoms. The summed E-state index contributed by atoms with van der Waals surface area (Å²) in [7, 11) is 3.86. The van der Waals surface area contributed by atoms with Crippen molar-refractivity contribution in [3.8, 4) is 5.75 Å². The molecule has 17 heavy (non-hydrogen) atoms. The minimum absolute atomic E-state index is 0.187. The summed E-state index contributed by atoms with van der Waals surface area (Å²) in [5.74, 6) is -0.769. The van der Waals surface area contributed by atoms with Gasteiger partial charge >= 0.3 is 0 Å². The average Bonchev–Trinajstić information content (AvgIpc) is 3.03. The van der Waals surface area contributed by atoms with Gasteiger partial charge in [0.15, 0.2) is 11.6 Å². The van der Waals surface area contributed by atoms with E-state index >= 15 is 0 Å². The third kappa shape index (κ3) is 2.28. The summed E-state index contributed by atoms with van der Waals surface area (Å²) in [6.45, 7) is 1.12. The molecule has 0 spiro atoms. The molecule has 1 saturated carbocycles. The number of phenols is 1. The van der Waals surface area contributed by atoms with E-state index in [0.717, 1.165) is 18.4 Å². The first-order chi connectivity index (χ1) is 7.98. The molecule has 1 fully saturated rings. The standard InChI is InChI=1S/C13H19FN2O/c1-16(2)7-9-5-10(12(17)11(14)6-9)13(8-15)3-4-13/h5-6,17H,3-4,7-8,15H2,1-2H3. The largest absolute Gasteiger partial charge is 0.505 e. The second-order valence-corrected chi connectivity index (χ2v) is 5.20. The molecule has 3 N–H and O–H groups in total. The molecule has 94 valence electrons. The molecule has 1 aromatic rings. The Morgan fingerprint density at radius 3 is 2.53 bits per heavy atom. The Hall–Kier alpha value is -1.13. The van der Waals surface area contributed by atoms with Gasteiger partial charge in [-0.25, -0.2) is 4.39 Å². The zero-order chi connectivity index (χ0) is 12.6. The molecular weight excluding hydrogens is 219 g/mol. The Morgan fingerprint density at radius 1 is 1.41 bits per heavy atom. The molecule has 0 amide bonds. The monoisotopic (exact) mass is 238 g/mol. The van der Waals surface area contributed by atoms with Crippen LogP contribution < -0.4 is 5.73 Å². The number of rotatable bonds is 4. The number of benzene rings is 1. The van der Waals surface area contributed by atoms with Crippen LogP contribution in [-0.2, 0) is 12.0 Å². The Labute approximate surface area is 101 Å². The van der Waals surface area contributed by atoms with Gasteiger partial charge in [0.1, 0.15) is 0 Å². The number of halogens is 1. The van der Waals surface area contributed by atoms with Crippen molar-refractivity contribution in [3.05, 3.63) is 29.1 Å². The molecular formula is C13H19FN2O. The maximum Gasteiger partial charge on any atom is 0.165 e. The van der Waals surface area contributed by atoms with Crippen LogP contribution in [0.3, 0.4) is 0 Å². The first-order valence-corrected chi connectivity index (χ1v) is 5.85. The highest BCUT2D eigenvalue weighted by atomic mass is 19.1. The van der Waals surface area contributed by atoms with Crippen molar-refractivity contribution in [2.45, 2.75) is 24.8 Å². The molecule has 0 aromatic heterocycles. The second kappa shape index (κ2) is 4.27. The SMILES string of the molecule is CN(C)Cc1cc(F)c(O)c(C2(CN)CC2)c1. The highest BCUT2D eigenvalue weighted by molar-refractivity contribution is 5.46. The topological polar surface area (TPSA) is 49.5 Å². The van der Waals surface area contributed by atoms with Crippen molar-refractivity contribution in [1.82, 2.24) is 4.90 Å². The summed E-state index contributed by atoms with van der Waals surface area (Å²) in [5, 5.41) is 9.82. The number of aromatic hydroxyl groups is 1. The highest BCUT2D eigenvalue weighted by Gasteiger charge is 2.45. The molecule has 0 saturated heterocycles. The third-order valence-electron chi connectivity index (χ3n) is 3.44. The van der Waals surface area contributed by atoms with Crippen molar-refractivity contribution in [2.24, 2.45) is 5.73 Å². The third-order valence-corrected chi connectivity index (χ3v) is 3.44. The van der Waals surface area contributed by atoms with Crippen molar-refractivity contribution in [3.63, 3.8) is 0 Å². The van der Waals surface area contributed by atoms with Crippen LogP contribution in [0.25, 0.3) is 0 Å². The summed E-state index contributed by atoms with van der Waals surface area (Å²) in [5.41, 5.74) is 7.09. The average molecular weight is 238 g/mol. The zero-order valence-electron chi connectivity index (χ0n) is 10.3. The van der Waals surface area contributed by atoms with Crippen LogP contribution in [0.4, 0.5) is 4.39 Å². The van der Waals surface area contributed by atoms with Crippen LogP contribution in [0.5, 0.6) is 5.75 Å². The minimum atomic E-state index is -0.543. The van der Waals surface area contributed by atoms with E-state index in [-0.39, 0.29) is 11.2 Å². The van der Waals surface area contributed by atoms with E-state index < -0.39 is 5.82 Å². The fraction of sp³-hybridized carbons (Fsp3) is 0.538. The van der Waals surface area contributed by atoms with Gasteiger partial charge in [0, 0.05) is 24.1 Å². The Kier molecular flexibility index (Phi) is 3.10. The van der Waals surface area contributed by atoms with Crippen molar-refractivity contribution in [1.29, 1.82) is 0 Å². The molecule has 2 rings (SSSR count). The first-order valence-electron chi connectivity index (χ1n) is 5.85. The van der Waals surface area contributed by atoms with E-state index in [1.165, 1.54) is 6.07 Å². The van der Waals surface area contributed by atoms with Crippen LogP contribution in [0, 0.1) is 5.82 Å². The molecule has 0 unspecified atom stereocenters. The molecule has 0 aliphatic heterocycles. The predicted octanol–water partition coefficient (Wildman–Crippen LogP) is 1.58. The summed E-state index contributed by atoms with van der Waals surface area (Å²) in [6, 6.07) is 3.28. The van der Waals surface area contributed by atoms with Crippen LogP contribution in [0.15, 0.2) is 12.1 Å². The van der Waals surface area contributed by atoms with Crippen molar-refractivity contribution < 1.29 is 9.50 Å². The van der Waals surface area contributed by atoms with E-state index in [2.05, 4.69) is 0 Å². The number of hydrogen-bond acceptors (Lipinski definition) is 3. The Bertz CT molecular complexity index is 428. The van der Waals surface area contributed by atoms with Crippen LogP contribution >= 0.6 is 0 Å². The van der Waals surface area contributed by atoms with E-state index in [1.54, 1.807) is 0 Å². The Balaban J connectivity index is 2.40.